The van der Waals surface area contributed by atoms with E-state index in [1.54, 1.807) is 0 Å². The molecule has 0 saturated carbocycles. The van der Waals surface area contributed by atoms with E-state index < -0.39 is 0 Å². The second kappa shape index (κ2) is 8.79. The van der Waals surface area contributed by atoms with Gasteiger partial charge in [-0.05, 0) is 28.0 Å². The van der Waals surface area contributed by atoms with Gasteiger partial charge < -0.3 is 9.32 Å². The molecule has 0 aliphatic heterocycles. The molecule has 4 aromatic carbocycles. The first-order valence-electron chi connectivity index (χ1n) is 10.5. The van der Waals surface area contributed by atoms with Gasteiger partial charge in [-0.3, -0.25) is 0 Å². The van der Waals surface area contributed by atoms with Gasteiger partial charge in [0.25, 0.3) is 0 Å². The number of nitrogens with zero attached hydrogens (tertiary/aromatic N) is 3. The first-order chi connectivity index (χ1) is 15.8. The maximum atomic E-state index is 9.87. The van der Waals surface area contributed by atoms with Gasteiger partial charge in [0.2, 0.25) is 17.5 Å². The van der Waals surface area contributed by atoms with Gasteiger partial charge in [-0.25, -0.2) is 0 Å². The van der Waals surface area contributed by atoms with Gasteiger partial charge in [0.15, 0.2) is 0 Å². The number of nitriles is 1. The summed E-state index contributed by atoms with van der Waals surface area (Å²) in [6, 6.07) is 36.8. The minimum absolute atomic E-state index is 0.291. The molecule has 154 valence electrons. The Kier molecular flexibility index (Phi) is 5.38. The number of fused-ring (bicyclic) bond motifs is 1. The van der Waals surface area contributed by atoms with E-state index in [9.17, 15) is 5.26 Å². The van der Waals surface area contributed by atoms with Crippen LogP contribution in [-0.4, -0.2) is 4.98 Å². The normalized spacial score (nSPS) is 10.7. The van der Waals surface area contributed by atoms with E-state index in [1.165, 1.54) is 0 Å². The Morgan fingerprint density at radius 2 is 1.31 bits per heavy atom. The molecule has 0 N–H and O–H groups in total. The van der Waals surface area contributed by atoms with Crippen LogP contribution in [0.1, 0.15) is 16.8 Å². The summed E-state index contributed by atoms with van der Waals surface area (Å²) < 4.78 is 6.30. The van der Waals surface area contributed by atoms with Crippen LogP contribution in [0.3, 0.4) is 0 Å². The summed E-state index contributed by atoms with van der Waals surface area (Å²) in [5.41, 5.74) is 3.44. The Bertz CT molecular complexity index is 1340. The Balaban J connectivity index is 1.59. The average molecular weight is 415 g/mol. The first kappa shape index (κ1) is 19.6. The Hall–Kier alpha value is -4.36. The third-order valence-electron chi connectivity index (χ3n) is 5.45. The summed E-state index contributed by atoms with van der Waals surface area (Å²) in [6.45, 7) is 1.21. The summed E-state index contributed by atoms with van der Waals surface area (Å²) in [7, 11) is 0. The van der Waals surface area contributed by atoms with E-state index >= 15 is 0 Å². The molecule has 1 heterocycles. The lowest BCUT2D eigenvalue weighted by molar-refractivity contribution is 0.547. The third kappa shape index (κ3) is 3.97. The molecule has 0 amide bonds. The highest BCUT2D eigenvalue weighted by Crippen LogP contribution is 2.33. The van der Waals surface area contributed by atoms with Crippen molar-refractivity contribution in [1.29, 1.82) is 5.26 Å². The van der Waals surface area contributed by atoms with Crippen LogP contribution in [0, 0.1) is 11.3 Å². The van der Waals surface area contributed by atoms with Crippen molar-refractivity contribution in [2.45, 2.75) is 13.1 Å². The Labute approximate surface area is 187 Å². The molecule has 32 heavy (non-hydrogen) atoms. The molecule has 0 radical (unpaired) electrons. The Morgan fingerprint density at radius 1 is 0.719 bits per heavy atom. The summed E-state index contributed by atoms with van der Waals surface area (Å²) in [6.07, 6.45) is 0. The SMILES string of the molecule is N#Cc1nc(-c2cccc3ccccc23)oc1N(Cc1ccccc1)Cc1ccccc1. The topological polar surface area (TPSA) is 53.1 Å². The molecule has 0 spiro atoms. The summed E-state index contributed by atoms with van der Waals surface area (Å²) in [5, 5.41) is 12.0. The first-order valence-corrected chi connectivity index (χ1v) is 10.5. The molecule has 0 aliphatic carbocycles. The van der Waals surface area contributed by atoms with Gasteiger partial charge >= 0.3 is 0 Å². The predicted octanol–water partition coefficient (Wildman–Crippen LogP) is 6.57. The number of anilines is 1. The number of rotatable bonds is 6. The van der Waals surface area contributed by atoms with Gasteiger partial charge in [-0.2, -0.15) is 10.2 Å². The average Bonchev–Trinajstić information content (AvgIpc) is 3.29. The molecule has 4 nitrogen and oxygen atoms in total. The third-order valence-corrected chi connectivity index (χ3v) is 5.45. The summed E-state index contributed by atoms with van der Waals surface area (Å²) in [5.74, 6) is 0.947. The molecule has 0 fully saturated rings. The second-order valence-corrected chi connectivity index (χ2v) is 7.64. The minimum Gasteiger partial charge on any atom is -0.419 e. The van der Waals surface area contributed by atoms with Gasteiger partial charge in [-0.15, -0.1) is 0 Å². The van der Waals surface area contributed by atoms with Crippen molar-refractivity contribution in [2.24, 2.45) is 0 Å². The summed E-state index contributed by atoms with van der Waals surface area (Å²) in [4.78, 5) is 6.66. The van der Waals surface area contributed by atoms with Gasteiger partial charge in [0.1, 0.15) is 6.07 Å². The van der Waals surface area contributed by atoms with Crippen LogP contribution in [0.5, 0.6) is 0 Å². The van der Waals surface area contributed by atoms with Crippen LogP contribution in [0.4, 0.5) is 5.88 Å². The number of hydrogen-bond donors (Lipinski definition) is 0. The molecule has 0 atom stereocenters. The van der Waals surface area contributed by atoms with Crippen LogP contribution in [0.25, 0.3) is 22.2 Å². The second-order valence-electron chi connectivity index (χ2n) is 7.64. The maximum absolute atomic E-state index is 9.87. The lowest BCUT2D eigenvalue weighted by atomic mass is 10.0. The van der Waals surface area contributed by atoms with Crippen LogP contribution in [-0.2, 0) is 13.1 Å². The number of oxazole rings is 1. The van der Waals surface area contributed by atoms with Crippen molar-refractivity contribution >= 4 is 16.7 Å². The fraction of sp³-hybridized carbons (Fsp3) is 0.0714. The zero-order valence-electron chi connectivity index (χ0n) is 17.5. The predicted molar refractivity (Wildman–Crippen MR) is 127 cm³/mol. The maximum Gasteiger partial charge on any atom is 0.235 e. The number of benzene rings is 4. The molecule has 0 saturated heterocycles. The smallest absolute Gasteiger partial charge is 0.235 e. The van der Waals surface area contributed by atoms with E-state index in [2.05, 4.69) is 52.4 Å². The van der Waals surface area contributed by atoms with Crippen molar-refractivity contribution in [3.63, 3.8) is 0 Å². The lowest BCUT2D eigenvalue weighted by Gasteiger charge is -2.22. The standard InChI is InChI=1S/C28H21N3O/c29-18-26-28(32-27(30-26)25-17-9-15-23-14-7-8-16-24(23)25)31(19-21-10-3-1-4-11-21)20-22-12-5-2-6-13-22/h1-17H,19-20H2. The van der Waals surface area contributed by atoms with E-state index in [4.69, 9.17) is 4.42 Å². The van der Waals surface area contributed by atoms with Gasteiger partial charge in [-0.1, -0.05) is 97.1 Å². The molecule has 0 aliphatic rings. The zero-order chi connectivity index (χ0) is 21.8. The highest BCUT2D eigenvalue weighted by Gasteiger charge is 2.22. The quantitative estimate of drug-likeness (QED) is 0.315. The van der Waals surface area contributed by atoms with Crippen LogP contribution < -0.4 is 4.90 Å². The van der Waals surface area contributed by atoms with E-state index in [0.717, 1.165) is 27.5 Å². The van der Waals surface area contributed by atoms with E-state index in [0.29, 0.717) is 30.6 Å². The molecule has 4 heteroatoms. The molecular formula is C28H21N3O. The summed E-state index contributed by atoms with van der Waals surface area (Å²) >= 11 is 0. The fourth-order valence-corrected chi connectivity index (χ4v) is 3.93. The minimum atomic E-state index is 0.291. The van der Waals surface area contributed by atoms with Gasteiger partial charge in [0.05, 0.1) is 0 Å². The molecular weight excluding hydrogens is 394 g/mol. The van der Waals surface area contributed by atoms with Crippen LogP contribution in [0.15, 0.2) is 108 Å². The van der Waals surface area contributed by atoms with Crippen LogP contribution in [0.2, 0.25) is 0 Å². The van der Waals surface area contributed by atoms with Crippen molar-refractivity contribution in [2.75, 3.05) is 4.90 Å². The van der Waals surface area contributed by atoms with Gasteiger partial charge in [0, 0.05) is 18.7 Å². The lowest BCUT2D eigenvalue weighted by Crippen LogP contribution is -2.22. The molecule has 5 aromatic rings. The largest absolute Gasteiger partial charge is 0.419 e. The number of aromatic nitrogens is 1. The monoisotopic (exact) mass is 415 g/mol. The molecule has 1 aromatic heterocycles. The van der Waals surface area contributed by atoms with Crippen molar-refractivity contribution < 1.29 is 4.42 Å². The van der Waals surface area contributed by atoms with Crippen LogP contribution >= 0.6 is 0 Å². The van der Waals surface area contributed by atoms with E-state index in [-0.39, 0.29) is 0 Å². The zero-order valence-corrected chi connectivity index (χ0v) is 17.5. The molecule has 5 rings (SSSR count). The highest BCUT2D eigenvalue weighted by atomic mass is 16.4. The molecule has 0 unspecified atom stereocenters. The fourth-order valence-electron chi connectivity index (χ4n) is 3.93. The van der Waals surface area contributed by atoms with Crippen molar-refractivity contribution in [1.82, 2.24) is 4.98 Å². The van der Waals surface area contributed by atoms with E-state index in [1.807, 2.05) is 66.7 Å². The van der Waals surface area contributed by atoms with Crippen molar-refractivity contribution in [3.8, 4) is 17.5 Å². The van der Waals surface area contributed by atoms with Crippen molar-refractivity contribution in [3.05, 3.63) is 120 Å². The highest BCUT2D eigenvalue weighted by molar-refractivity contribution is 5.94. The molecule has 0 bridgehead atoms. The Morgan fingerprint density at radius 3 is 1.97 bits per heavy atom. The number of hydrogen-bond acceptors (Lipinski definition) is 4.